The molecular weight excluding hydrogens is 416 g/mol. The first-order valence-corrected chi connectivity index (χ1v) is 11.7. The molecule has 1 aliphatic carbocycles. The van der Waals surface area contributed by atoms with E-state index in [-0.39, 0.29) is 29.4 Å². The molecule has 0 unspecified atom stereocenters. The predicted octanol–water partition coefficient (Wildman–Crippen LogP) is 8.72. The van der Waals surface area contributed by atoms with Gasteiger partial charge in [-0.2, -0.15) is 4.39 Å². The van der Waals surface area contributed by atoms with E-state index in [0.29, 0.717) is 11.5 Å². The average Bonchev–Trinajstić information content (AvgIpc) is 2.80. The normalized spacial score (nSPS) is 18.9. The van der Waals surface area contributed by atoms with E-state index < -0.39 is 23.3 Å². The number of allylic oxidation sites excluding steroid dienone is 2. The number of hydrogen-bond donors (Lipinski definition) is 0. The standard InChI is InChI=1S/C27H32F4O/c1-3-5-6-7-17-32-23-16-15-22(26(30)27(23)31)21-14-13-20(24(28)25(21)29)19-11-9-18(8-4-2)10-12-19/h4,8,13-16,18-19H,3,5-7,9-12,17H2,1-2H3. The summed E-state index contributed by atoms with van der Waals surface area (Å²) in [5, 5.41) is 0. The van der Waals surface area contributed by atoms with Crippen LogP contribution in [-0.4, -0.2) is 6.61 Å². The Labute approximate surface area is 188 Å². The fourth-order valence-electron chi connectivity index (χ4n) is 4.54. The predicted molar refractivity (Wildman–Crippen MR) is 121 cm³/mol. The van der Waals surface area contributed by atoms with Crippen molar-refractivity contribution >= 4 is 0 Å². The van der Waals surface area contributed by atoms with Gasteiger partial charge in [0.15, 0.2) is 23.2 Å². The molecule has 0 heterocycles. The molecule has 5 heteroatoms. The molecule has 0 bridgehead atoms. The first-order chi connectivity index (χ1) is 15.5. The van der Waals surface area contributed by atoms with Crippen molar-refractivity contribution in [2.24, 2.45) is 5.92 Å². The van der Waals surface area contributed by atoms with E-state index in [2.05, 4.69) is 13.0 Å². The van der Waals surface area contributed by atoms with Gasteiger partial charge in [0.2, 0.25) is 5.82 Å². The fourth-order valence-corrected chi connectivity index (χ4v) is 4.54. The van der Waals surface area contributed by atoms with Crippen LogP contribution in [0.3, 0.4) is 0 Å². The second-order valence-electron chi connectivity index (χ2n) is 8.62. The molecule has 0 amide bonds. The summed E-state index contributed by atoms with van der Waals surface area (Å²) in [6.45, 7) is 4.34. The van der Waals surface area contributed by atoms with E-state index in [1.165, 1.54) is 24.3 Å². The molecular formula is C27H32F4O. The van der Waals surface area contributed by atoms with Gasteiger partial charge in [0.05, 0.1) is 6.61 Å². The lowest BCUT2D eigenvalue weighted by atomic mass is 9.78. The van der Waals surface area contributed by atoms with Gasteiger partial charge >= 0.3 is 0 Å². The maximum absolute atomic E-state index is 14.9. The molecule has 1 aliphatic rings. The topological polar surface area (TPSA) is 9.23 Å². The van der Waals surface area contributed by atoms with Crippen LogP contribution in [0.15, 0.2) is 36.4 Å². The summed E-state index contributed by atoms with van der Waals surface area (Å²) in [6, 6.07) is 5.40. The molecule has 1 saturated carbocycles. The molecule has 0 atom stereocenters. The quantitative estimate of drug-likeness (QED) is 0.212. The van der Waals surface area contributed by atoms with Gasteiger partial charge in [0, 0.05) is 11.1 Å². The Morgan fingerprint density at radius 3 is 2.12 bits per heavy atom. The molecule has 1 fully saturated rings. The molecule has 32 heavy (non-hydrogen) atoms. The molecule has 3 rings (SSSR count). The van der Waals surface area contributed by atoms with Crippen molar-refractivity contribution in [2.75, 3.05) is 6.61 Å². The Kier molecular flexibility index (Phi) is 8.77. The van der Waals surface area contributed by atoms with Crippen LogP contribution in [0.25, 0.3) is 11.1 Å². The molecule has 174 valence electrons. The molecule has 0 N–H and O–H groups in total. The highest BCUT2D eigenvalue weighted by Gasteiger charge is 2.27. The van der Waals surface area contributed by atoms with E-state index in [1.54, 1.807) is 0 Å². The Hall–Kier alpha value is -2.30. The summed E-state index contributed by atoms with van der Waals surface area (Å²) in [5.41, 5.74) is -0.265. The molecule has 0 saturated heterocycles. The van der Waals surface area contributed by atoms with E-state index in [9.17, 15) is 17.6 Å². The van der Waals surface area contributed by atoms with Crippen LogP contribution in [0, 0.1) is 29.2 Å². The number of benzene rings is 2. The van der Waals surface area contributed by atoms with Gasteiger partial charge in [-0.15, -0.1) is 0 Å². The third-order valence-corrected chi connectivity index (χ3v) is 6.38. The number of hydrogen-bond acceptors (Lipinski definition) is 1. The van der Waals surface area contributed by atoms with Gasteiger partial charge < -0.3 is 4.74 Å². The second kappa shape index (κ2) is 11.5. The van der Waals surface area contributed by atoms with E-state index in [4.69, 9.17) is 4.74 Å². The van der Waals surface area contributed by atoms with Gasteiger partial charge in [-0.1, -0.05) is 50.5 Å². The highest BCUT2D eigenvalue weighted by molar-refractivity contribution is 5.66. The van der Waals surface area contributed by atoms with Crippen LogP contribution in [0.4, 0.5) is 17.6 Å². The van der Waals surface area contributed by atoms with E-state index in [1.807, 2.05) is 13.0 Å². The SMILES string of the molecule is CC=CC1CCC(c2ccc(-c3ccc(OCCCCCC)c(F)c3F)c(F)c2F)CC1. The number of rotatable bonds is 9. The number of unbranched alkanes of at least 4 members (excludes halogenated alkanes) is 3. The van der Waals surface area contributed by atoms with Crippen molar-refractivity contribution in [3.63, 3.8) is 0 Å². The van der Waals surface area contributed by atoms with Crippen LogP contribution in [-0.2, 0) is 0 Å². The van der Waals surface area contributed by atoms with Crippen LogP contribution >= 0.6 is 0 Å². The van der Waals surface area contributed by atoms with Gasteiger partial charge in [-0.3, -0.25) is 0 Å². The zero-order valence-electron chi connectivity index (χ0n) is 18.9. The van der Waals surface area contributed by atoms with Crippen LogP contribution in [0.2, 0.25) is 0 Å². The second-order valence-corrected chi connectivity index (χ2v) is 8.62. The smallest absolute Gasteiger partial charge is 0.201 e. The molecule has 1 nitrogen and oxygen atoms in total. The van der Waals surface area contributed by atoms with Gasteiger partial charge in [0.1, 0.15) is 0 Å². The van der Waals surface area contributed by atoms with Gasteiger partial charge in [-0.25, -0.2) is 13.2 Å². The lowest BCUT2D eigenvalue weighted by Crippen LogP contribution is -2.13. The Morgan fingerprint density at radius 1 is 0.812 bits per heavy atom. The average molecular weight is 449 g/mol. The highest BCUT2D eigenvalue weighted by Crippen LogP contribution is 2.40. The largest absolute Gasteiger partial charge is 0.490 e. The molecule has 0 spiro atoms. The lowest BCUT2D eigenvalue weighted by molar-refractivity contribution is 0.285. The van der Waals surface area contributed by atoms with Crippen molar-refractivity contribution in [1.82, 2.24) is 0 Å². The zero-order chi connectivity index (χ0) is 23.1. The maximum Gasteiger partial charge on any atom is 0.201 e. The zero-order valence-corrected chi connectivity index (χ0v) is 18.9. The van der Waals surface area contributed by atoms with Crippen molar-refractivity contribution in [3.8, 4) is 16.9 Å². The first-order valence-electron chi connectivity index (χ1n) is 11.7. The van der Waals surface area contributed by atoms with Crippen LogP contribution in [0.5, 0.6) is 5.75 Å². The minimum absolute atomic E-state index is 0.0647. The lowest BCUT2D eigenvalue weighted by Gasteiger charge is -2.27. The van der Waals surface area contributed by atoms with Crippen molar-refractivity contribution < 1.29 is 22.3 Å². The Balaban J connectivity index is 1.77. The molecule has 0 aliphatic heterocycles. The fraction of sp³-hybridized carbons (Fsp3) is 0.481. The van der Waals surface area contributed by atoms with Crippen molar-refractivity contribution in [2.45, 2.75) is 71.1 Å². The van der Waals surface area contributed by atoms with Gasteiger partial charge in [-0.05, 0) is 68.6 Å². The summed E-state index contributed by atoms with van der Waals surface area (Å²) in [4.78, 5) is 0. The number of halogens is 4. The van der Waals surface area contributed by atoms with E-state index in [0.717, 1.165) is 51.4 Å². The Bertz CT molecular complexity index is 930. The van der Waals surface area contributed by atoms with Gasteiger partial charge in [0.25, 0.3) is 0 Å². The van der Waals surface area contributed by atoms with Crippen LogP contribution < -0.4 is 4.74 Å². The van der Waals surface area contributed by atoms with Crippen molar-refractivity contribution in [1.29, 1.82) is 0 Å². The van der Waals surface area contributed by atoms with Crippen LogP contribution in [0.1, 0.15) is 76.7 Å². The molecule has 0 aromatic heterocycles. The first kappa shape index (κ1) is 24.3. The molecule has 2 aromatic carbocycles. The maximum atomic E-state index is 14.9. The number of ether oxygens (including phenoxy) is 1. The summed E-state index contributed by atoms with van der Waals surface area (Å²) >= 11 is 0. The summed E-state index contributed by atoms with van der Waals surface area (Å²) in [5.74, 6) is -4.30. The summed E-state index contributed by atoms with van der Waals surface area (Å²) in [6.07, 6.45) is 11.4. The van der Waals surface area contributed by atoms with E-state index >= 15 is 0 Å². The minimum atomic E-state index is -1.23. The third kappa shape index (κ3) is 5.54. The monoisotopic (exact) mass is 448 g/mol. The third-order valence-electron chi connectivity index (χ3n) is 6.38. The summed E-state index contributed by atoms with van der Waals surface area (Å²) in [7, 11) is 0. The minimum Gasteiger partial charge on any atom is -0.490 e. The highest BCUT2D eigenvalue weighted by atomic mass is 19.2. The summed E-state index contributed by atoms with van der Waals surface area (Å²) < 4.78 is 64.4. The Morgan fingerprint density at radius 2 is 1.47 bits per heavy atom. The molecule has 2 aromatic rings. The molecule has 0 radical (unpaired) electrons. The van der Waals surface area contributed by atoms with Crippen molar-refractivity contribution in [3.05, 3.63) is 65.2 Å².